The van der Waals surface area contributed by atoms with Gasteiger partial charge in [0.1, 0.15) is 5.75 Å². The topological polar surface area (TPSA) is 46.0 Å². The average molecular weight is 333 g/mol. The second-order valence-corrected chi connectivity index (χ2v) is 5.67. The minimum absolute atomic E-state index is 0.521. The van der Waals surface area contributed by atoms with E-state index in [-0.39, 0.29) is 0 Å². The first-order valence-electron chi connectivity index (χ1n) is 6.79. The zero-order valence-electron chi connectivity index (χ0n) is 12.2. The Morgan fingerprint density at radius 2 is 1.91 bits per heavy atom. The normalized spacial score (nSPS) is 16.0. The number of amidine groups is 1. The fourth-order valence-corrected chi connectivity index (χ4v) is 2.76. The summed E-state index contributed by atoms with van der Waals surface area (Å²) in [6.45, 7) is 0. The number of nitrogens with zero attached hydrogens (tertiary/aromatic N) is 2. The number of nitrogens with one attached hydrogen (secondary N) is 1. The van der Waals surface area contributed by atoms with Gasteiger partial charge in [0.05, 0.1) is 18.5 Å². The summed E-state index contributed by atoms with van der Waals surface area (Å²) in [4.78, 5) is 4.43. The highest BCUT2D eigenvalue weighted by molar-refractivity contribution is 8.14. The van der Waals surface area contributed by atoms with Gasteiger partial charge in [-0.25, -0.2) is 13.8 Å². The first-order chi connectivity index (χ1) is 11.2. The Bertz CT molecular complexity index is 775. The van der Waals surface area contributed by atoms with Crippen LogP contribution in [0.5, 0.6) is 5.75 Å². The van der Waals surface area contributed by atoms with Gasteiger partial charge in [-0.2, -0.15) is 5.10 Å². The van der Waals surface area contributed by atoms with Gasteiger partial charge in [0.25, 0.3) is 0 Å². The van der Waals surface area contributed by atoms with Crippen LogP contribution in [0.2, 0.25) is 0 Å². The smallest absolute Gasteiger partial charge is 0.182 e. The molecule has 0 aromatic heterocycles. The van der Waals surface area contributed by atoms with Crippen molar-refractivity contribution in [3.05, 3.63) is 59.7 Å². The number of rotatable bonds is 3. The third-order valence-electron chi connectivity index (χ3n) is 3.19. The molecule has 7 heteroatoms. The monoisotopic (exact) mass is 333 g/mol. The predicted molar refractivity (Wildman–Crippen MR) is 88.6 cm³/mol. The Morgan fingerprint density at radius 1 is 1.13 bits per heavy atom. The van der Waals surface area contributed by atoms with E-state index in [1.165, 1.54) is 17.8 Å². The molecule has 1 aliphatic heterocycles. The van der Waals surface area contributed by atoms with Gasteiger partial charge in [-0.1, -0.05) is 11.8 Å². The highest BCUT2D eigenvalue weighted by Gasteiger charge is 2.14. The van der Waals surface area contributed by atoms with Crippen LogP contribution in [0, 0.1) is 11.6 Å². The van der Waals surface area contributed by atoms with E-state index in [0.29, 0.717) is 22.2 Å². The molecule has 1 aliphatic rings. The number of benzene rings is 2. The molecule has 3 rings (SSSR count). The number of aliphatic imine (C=N–C) groups is 1. The Morgan fingerprint density at radius 3 is 2.52 bits per heavy atom. The Hall–Kier alpha value is -2.41. The number of hydrazone groups is 1. The Balaban J connectivity index is 1.74. The van der Waals surface area contributed by atoms with Gasteiger partial charge >= 0.3 is 0 Å². The van der Waals surface area contributed by atoms with Crippen molar-refractivity contribution in [2.24, 2.45) is 10.1 Å². The molecule has 0 bridgehead atoms. The van der Waals surface area contributed by atoms with E-state index in [1.54, 1.807) is 7.11 Å². The van der Waals surface area contributed by atoms with Crippen LogP contribution in [0.25, 0.3) is 0 Å². The maximum absolute atomic E-state index is 13.3. The Labute approximate surface area is 136 Å². The number of ether oxygens (including phenoxy) is 1. The minimum Gasteiger partial charge on any atom is -0.497 e. The third kappa shape index (κ3) is 3.68. The van der Waals surface area contributed by atoms with Crippen LogP contribution in [0.3, 0.4) is 0 Å². The number of hydrogen-bond donors (Lipinski definition) is 1. The molecule has 118 valence electrons. The highest BCUT2D eigenvalue weighted by Crippen LogP contribution is 2.21. The molecule has 0 amide bonds. The molecule has 0 radical (unpaired) electrons. The van der Waals surface area contributed by atoms with E-state index in [9.17, 15) is 8.78 Å². The zero-order valence-corrected chi connectivity index (χ0v) is 13.0. The molecular weight excluding hydrogens is 320 g/mol. The first-order valence-corrected chi connectivity index (χ1v) is 7.78. The van der Waals surface area contributed by atoms with Gasteiger partial charge in [-0.15, -0.1) is 0 Å². The van der Waals surface area contributed by atoms with Crippen molar-refractivity contribution in [2.75, 3.05) is 12.9 Å². The molecule has 1 heterocycles. The number of halogens is 2. The summed E-state index contributed by atoms with van der Waals surface area (Å²) in [5.74, 6) is -0.468. The molecule has 0 aliphatic carbocycles. The van der Waals surface area contributed by atoms with Crippen molar-refractivity contribution in [1.82, 2.24) is 5.43 Å². The fraction of sp³-hybridized carbons (Fsp3) is 0.125. The predicted octanol–water partition coefficient (Wildman–Crippen LogP) is 3.70. The second-order valence-electron chi connectivity index (χ2n) is 4.70. The van der Waals surface area contributed by atoms with Crippen LogP contribution >= 0.6 is 11.8 Å². The van der Waals surface area contributed by atoms with Crippen molar-refractivity contribution < 1.29 is 13.5 Å². The molecular formula is C16H13F2N3OS. The highest BCUT2D eigenvalue weighted by atomic mass is 32.2. The molecule has 0 spiro atoms. The molecule has 23 heavy (non-hydrogen) atoms. The largest absolute Gasteiger partial charge is 0.497 e. The van der Waals surface area contributed by atoms with E-state index >= 15 is 0 Å². The van der Waals surface area contributed by atoms with Crippen LogP contribution in [-0.4, -0.2) is 23.7 Å². The lowest BCUT2D eigenvalue weighted by molar-refractivity contribution is 0.415. The Kier molecular flexibility index (Phi) is 4.57. The van der Waals surface area contributed by atoms with Crippen molar-refractivity contribution in [2.45, 2.75) is 0 Å². The van der Waals surface area contributed by atoms with E-state index in [4.69, 9.17) is 4.74 Å². The lowest BCUT2D eigenvalue weighted by atomic mass is 10.1. The summed E-state index contributed by atoms with van der Waals surface area (Å²) >= 11 is 1.44. The quantitative estimate of drug-likeness (QED) is 0.931. The van der Waals surface area contributed by atoms with Gasteiger partial charge in [0.15, 0.2) is 16.8 Å². The molecule has 4 nitrogen and oxygen atoms in total. The van der Waals surface area contributed by atoms with Crippen LogP contribution in [0.4, 0.5) is 14.5 Å². The maximum Gasteiger partial charge on any atom is 0.182 e. The third-order valence-corrected chi connectivity index (χ3v) is 4.06. The van der Waals surface area contributed by atoms with E-state index in [2.05, 4.69) is 15.5 Å². The van der Waals surface area contributed by atoms with Crippen molar-refractivity contribution in [3.63, 3.8) is 0 Å². The number of methoxy groups -OCH3 is 1. The fourth-order valence-electron chi connectivity index (χ4n) is 1.97. The van der Waals surface area contributed by atoms with E-state index < -0.39 is 11.6 Å². The summed E-state index contributed by atoms with van der Waals surface area (Å²) in [5, 5.41) is 4.82. The molecule has 0 saturated heterocycles. The molecule has 2 aromatic rings. The molecule has 1 N–H and O–H groups in total. The lowest BCUT2D eigenvalue weighted by Crippen LogP contribution is -2.25. The number of thioether (sulfide) groups is 1. The first kappa shape index (κ1) is 15.5. The standard InChI is InChI=1S/C16H13F2N3OS/c1-22-12-5-3-11(4-6-12)19-16-21-20-15(9-23-16)10-2-7-13(17)14(18)8-10/h2-8H,9H2,1H3,(H,19,21). The van der Waals surface area contributed by atoms with Gasteiger partial charge in [0.2, 0.25) is 0 Å². The summed E-state index contributed by atoms with van der Waals surface area (Å²) < 4.78 is 31.3. The summed E-state index contributed by atoms with van der Waals surface area (Å²) in [6.07, 6.45) is 0. The van der Waals surface area contributed by atoms with E-state index in [1.807, 2.05) is 24.3 Å². The van der Waals surface area contributed by atoms with Gasteiger partial charge in [-0.05, 0) is 42.5 Å². The second kappa shape index (κ2) is 6.78. The van der Waals surface area contributed by atoms with Crippen molar-refractivity contribution in [3.8, 4) is 5.75 Å². The minimum atomic E-state index is -0.882. The number of hydrogen-bond acceptors (Lipinski definition) is 4. The SMILES string of the molecule is COc1ccc(N=C2NN=C(c3ccc(F)c(F)c3)CS2)cc1. The van der Waals surface area contributed by atoms with Gasteiger partial charge in [0, 0.05) is 11.3 Å². The van der Waals surface area contributed by atoms with Crippen LogP contribution < -0.4 is 10.2 Å². The maximum atomic E-state index is 13.3. The van der Waals surface area contributed by atoms with Gasteiger partial charge < -0.3 is 4.74 Å². The van der Waals surface area contributed by atoms with Crippen LogP contribution in [0.1, 0.15) is 5.56 Å². The average Bonchev–Trinajstić information content (AvgIpc) is 2.59. The van der Waals surface area contributed by atoms with Crippen LogP contribution in [0.15, 0.2) is 52.6 Å². The summed E-state index contributed by atoms with van der Waals surface area (Å²) in [5.41, 5.74) is 4.79. The summed E-state index contributed by atoms with van der Waals surface area (Å²) in [7, 11) is 1.61. The van der Waals surface area contributed by atoms with E-state index in [0.717, 1.165) is 23.6 Å². The van der Waals surface area contributed by atoms with Crippen LogP contribution in [-0.2, 0) is 0 Å². The van der Waals surface area contributed by atoms with Crippen molar-refractivity contribution in [1.29, 1.82) is 0 Å². The van der Waals surface area contributed by atoms with Gasteiger partial charge in [-0.3, -0.25) is 5.43 Å². The lowest BCUT2D eigenvalue weighted by Gasteiger charge is -2.15. The molecule has 0 fully saturated rings. The molecule has 0 atom stereocenters. The van der Waals surface area contributed by atoms with Crippen molar-refractivity contribution >= 4 is 28.3 Å². The summed E-state index contributed by atoms with van der Waals surface area (Å²) in [6, 6.07) is 11.1. The zero-order chi connectivity index (χ0) is 16.2. The molecule has 2 aromatic carbocycles. The molecule has 0 saturated carbocycles. The molecule has 0 unspecified atom stereocenters.